The van der Waals surface area contributed by atoms with Gasteiger partial charge in [-0.05, 0) is 29.3 Å². The van der Waals surface area contributed by atoms with E-state index in [9.17, 15) is 9.59 Å². The summed E-state index contributed by atoms with van der Waals surface area (Å²) in [5.74, 6) is 0.892. The Morgan fingerprint density at radius 3 is 2.62 bits per heavy atom. The Labute approximate surface area is 191 Å². The molecule has 0 N–H and O–H groups in total. The number of carbonyl (C=O) groups excluding carboxylic acids is 2. The molecule has 7 nitrogen and oxygen atoms in total. The smallest absolute Gasteiger partial charge is 0.361 e. The fourth-order valence-electron chi connectivity index (χ4n) is 4.33. The van der Waals surface area contributed by atoms with Gasteiger partial charge in [0.15, 0.2) is 23.8 Å². The standard InChI is InChI=1S/C24H25ClNO6/c1-26(13-20(28)29-2)11-10-16-17(12-26)22(30-3)24-23(31-14-32-24)21(16)19(27)9-8-15-6-4-5-7-18(15)25/h4-9H,10-14H2,1-3H3/q+1. The van der Waals surface area contributed by atoms with E-state index in [4.69, 9.17) is 30.5 Å². The Kier molecular flexibility index (Phi) is 6.13. The van der Waals surface area contributed by atoms with Crippen molar-refractivity contribution in [2.24, 2.45) is 0 Å². The summed E-state index contributed by atoms with van der Waals surface area (Å²) in [4.78, 5) is 25.3. The Hall–Kier alpha value is -3.03. The first-order valence-corrected chi connectivity index (χ1v) is 10.6. The highest BCUT2D eigenvalue weighted by atomic mass is 35.5. The number of esters is 1. The number of quaternary nitrogens is 1. The maximum atomic E-state index is 13.4. The quantitative estimate of drug-likeness (QED) is 0.285. The minimum atomic E-state index is -0.283. The molecular formula is C24H25ClNO6+. The zero-order chi connectivity index (χ0) is 22.9. The second kappa shape index (κ2) is 8.84. The van der Waals surface area contributed by atoms with Gasteiger partial charge in [0.2, 0.25) is 12.5 Å². The van der Waals surface area contributed by atoms with Crippen LogP contribution in [-0.4, -0.2) is 57.4 Å². The van der Waals surface area contributed by atoms with Gasteiger partial charge in [-0.3, -0.25) is 4.79 Å². The average molecular weight is 459 g/mol. The fraction of sp³-hybridized carbons (Fsp3) is 0.333. The van der Waals surface area contributed by atoms with Gasteiger partial charge < -0.3 is 23.4 Å². The third-order valence-corrected chi connectivity index (χ3v) is 6.28. The number of ketones is 1. The highest BCUT2D eigenvalue weighted by Gasteiger charge is 2.40. The van der Waals surface area contributed by atoms with Crippen LogP contribution in [0.1, 0.15) is 27.0 Å². The van der Waals surface area contributed by atoms with E-state index in [2.05, 4.69) is 0 Å². The second-order valence-corrected chi connectivity index (χ2v) is 8.54. The van der Waals surface area contributed by atoms with Gasteiger partial charge in [-0.15, -0.1) is 0 Å². The van der Waals surface area contributed by atoms with E-state index in [0.717, 1.165) is 16.7 Å². The Balaban J connectivity index is 1.78. The van der Waals surface area contributed by atoms with E-state index in [1.807, 2.05) is 25.2 Å². The third-order valence-electron chi connectivity index (χ3n) is 5.94. The number of ether oxygens (including phenoxy) is 4. The Bertz CT molecular complexity index is 1110. The van der Waals surface area contributed by atoms with Crippen LogP contribution in [0, 0.1) is 0 Å². The number of methoxy groups -OCH3 is 2. The van der Waals surface area contributed by atoms with Crippen molar-refractivity contribution >= 4 is 29.4 Å². The van der Waals surface area contributed by atoms with Crippen molar-refractivity contribution in [2.75, 3.05) is 41.1 Å². The van der Waals surface area contributed by atoms with Crippen LogP contribution in [0.25, 0.3) is 6.08 Å². The molecule has 1 unspecified atom stereocenters. The molecule has 0 bridgehead atoms. The largest absolute Gasteiger partial charge is 0.492 e. The van der Waals surface area contributed by atoms with Gasteiger partial charge in [-0.2, -0.15) is 0 Å². The van der Waals surface area contributed by atoms with Crippen molar-refractivity contribution in [3.63, 3.8) is 0 Å². The topological polar surface area (TPSA) is 71.1 Å². The molecular weight excluding hydrogens is 434 g/mol. The molecule has 168 valence electrons. The minimum absolute atomic E-state index is 0.0113. The van der Waals surface area contributed by atoms with Crippen molar-refractivity contribution in [2.45, 2.75) is 13.0 Å². The van der Waals surface area contributed by atoms with Gasteiger partial charge in [0.1, 0.15) is 6.54 Å². The molecule has 2 aromatic rings. The number of benzene rings is 2. The molecule has 0 aliphatic carbocycles. The number of likely N-dealkylation sites (N-methyl/N-ethyl adjacent to an activating group) is 1. The zero-order valence-corrected chi connectivity index (χ0v) is 19.0. The van der Waals surface area contributed by atoms with E-state index >= 15 is 0 Å². The Morgan fingerprint density at radius 2 is 1.91 bits per heavy atom. The van der Waals surface area contributed by atoms with Gasteiger partial charge in [-0.25, -0.2) is 4.79 Å². The van der Waals surface area contributed by atoms with Crippen molar-refractivity contribution in [1.29, 1.82) is 0 Å². The lowest BCUT2D eigenvalue weighted by atomic mass is 9.89. The van der Waals surface area contributed by atoms with Crippen LogP contribution in [0.3, 0.4) is 0 Å². The Morgan fingerprint density at radius 1 is 1.16 bits per heavy atom. The SMILES string of the molecule is COC(=O)C[N+]1(C)CCc2c(c(OC)c3c(c2C(=O)C=Cc2ccccc2Cl)OCO3)C1. The number of fused-ring (bicyclic) bond motifs is 2. The number of nitrogens with zero attached hydrogens (tertiary/aromatic N) is 1. The summed E-state index contributed by atoms with van der Waals surface area (Å²) < 4.78 is 22.4. The van der Waals surface area contributed by atoms with Crippen molar-refractivity contribution < 1.29 is 33.0 Å². The van der Waals surface area contributed by atoms with Crippen LogP contribution in [0.4, 0.5) is 0 Å². The van der Waals surface area contributed by atoms with Gasteiger partial charge in [0.25, 0.3) is 0 Å². The molecule has 4 rings (SSSR count). The number of hydrogen-bond donors (Lipinski definition) is 0. The van der Waals surface area contributed by atoms with Crippen LogP contribution < -0.4 is 14.2 Å². The van der Waals surface area contributed by atoms with Gasteiger partial charge >= 0.3 is 5.97 Å². The van der Waals surface area contributed by atoms with E-state index in [-0.39, 0.29) is 25.1 Å². The normalized spacial score (nSPS) is 19.0. The van der Waals surface area contributed by atoms with Crippen molar-refractivity contribution in [3.05, 3.63) is 57.6 Å². The van der Waals surface area contributed by atoms with E-state index in [1.165, 1.54) is 13.2 Å². The molecule has 2 aliphatic rings. The van der Waals surface area contributed by atoms with E-state index in [1.54, 1.807) is 19.3 Å². The molecule has 2 heterocycles. The van der Waals surface area contributed by atoms with Crippen LogP contribution in [-0.2, 0) is 22.5 Å². The summed E-state index contributed by atoms with van der Waals surface area (Å²) in [6.45, 7) is 1.40. The predicted molar refractivity (Wildman–Crippen MR) is 119 cm³/mol. The molecule has 2 aromatic carbocycles. The number of rotatable bonds is 6. The molecule has 1 atom stereocenters. The predicted octanol–water partition coefficient (Wildman–Crippen LogP) is 3.65. The highest BCUT2D eigenvalue weighted by Crippen LogP contribution is 2.50. The maximum absolute atomic E-state index is 13.4. The van der Waals surface area contributed by atoms with Gasteiger partial charge in [0.05, 0.1) is 38.9 Å². The highest BCUT2D eigenvalue weighted by molar-refractivity contribution is 6.32. The van der Waals surface area contributed by atoms with E-state index in [0.29, 0.717) is 51.8 Å². The molecule has 2 aliphatic heterocycles. The van der Waals surface area contributed by atoms with Crippen molar-refractivity contribution in [1.82, 2.24) is 0 Å². The summed E-state index contributed by atoms with van der Waals surface area (Å²) in [5, 5.41) is 0.564. The lowest BCUT2D eigenvalue weighted by Crippen LogP contribution is -2.51. The van der Waals surface area contributed by atoms with Crippen LogP contribution in [0.2, 0.25) is 5.02 Å². The molecule has 0 saturated heterocycles. The minimum Gasteiger partial charge on any atom is -0.492 e. The first-order valence-electron chi connectivity index (χ1n) is 10.3. The summed E-state index contributed by atoms with van der Waals surface area (Å²) >= 11 is 6.22. The molecule has 0 amide bonds. The van der Waals surface area contributed by atoms with E-state index < -0.39 is 0 Å². The molecule has 0 saturated carbocycles. The first-order chi connectivity index (χ1) is 15.4. The zero-order valence-electron chi connectivity index (χ0n) is 18.3. The fourth-order valence-corrected chi connectivity index (χ4v) is 4.53. The third kappa shape index (κ3) is 4.06. The number of hydrogen-bond acceptors (Lipinski definition) is 6. The summed E-state index contributed by atoms with van der Waals surface area (Å²) in [7, 11) is 4.94. The van der Waals surface area contributed by atoms with Crippen LogP contribution >= 0.6 is 11.6 Å². The molecule has 0 aromatic heterocycles. The molecule has 0 radical (unpaired) electrons. The second-order valence-electron chi connectivity index (χ2n) is 8.13. The van der Waals surface area contributed by atoms with Gasteiger partial charge in [0, 0.05) is 11.4 Å². The lowest BCUT2D eigenvalue weighted by Gasteiger charge is -2.38. The van der Waals surface area contributed by atoms with Crippen molar-refractivity contribution in [3.8, 4) is 17.2 Å². The molecule has 8 heteroatoms. The molecule has 0 fully saturated rings. The monoisotopic (exact) mass is 458 g/mol. The van der Waals surface area contributed by atoms with Gasteiger partial charge in [-0.1, -0.05) is 29.8 Å². The lowest BCUT2D eigenvalue weighted by molar-refractivity contribution is -0.917. The van der Waals surface area contributed by atoms with Crippen LogP contribution in [0.15, 0.2) is 30.3 Å². The molecule has 32 heavy (non-hydrogen) atoms. The summed E-state index contributed by atoms with van der Waals surface area (Å²) in [5.41, 5.74) is 2.94. The number of halogens is 1. The number of carbonyl (C=O) groups is 2. The number of allylic oxidation sites excluding steroid dienone is 1. The summed E-state index contributed by atoms with van der Waals surface area (Å²) in [6.07, 6.45) is 3.78. The molecule has 0 spiro atoms. The summed E-state index contributed by atoms with van der Waals surface area (Å²) in [6, 6.07) is 7.31. The maximum Gasteiger partial charge on any atom is 0.361 e. The average Bonchev–Trinajstić information content (AvgIpc) is 3.25. The first kappa shape index (κ1) is 22.2. The van der Waals surface area contributed by atoms with Crippen LogP contribution in [0.5, 0.6) is 17.2 Å².